The molecule has 3 nitrogen and oxygen atoms in total. The second kappa shape index (κ2) is 5.15. The lowest BCUT2D eigenvalue weighted by atomic mass is 9.75. The van der Waals surface area contributed by atoms with Gasteiger partial charge in [-0.2, -0.15) is 0 Å². The molecule has 1 aromatic carbocycles. The Morgan fingerprint density at radius 1 is 1.35 bits per heavy atom. The van der Waals surface area contributed by atoms with Gasteiger partial charge < -0.3 is 0 Å². The Bertz CT molecular complexity index is 601. The monoisotopic (exact) mass is 269 g/mol. The Morgan fingerprint density at radius 3 is 2.90 bits per heavy atom. The van der Waals surface area contributed by atoms with Gasteiger partial charge in [0.1, 0.15) is 0 Å². The van der Waals surface area contributed by atoms with Gasteiger partial charge in [-0.15, -0.1) is 0 Å². The molecule has 0 bridgehead atoms. The van der Waals surface area contributed by atoms with Gasteiger partial charge in [0.2, 0.25) is 0 Å². The third-order valence-electron chi connectivity index (χ3n) is 4.97. The fraction of sp³-hybridized carbons (Fsp3) is 0.471. The van der Waals surface area contributed by atoms with E-state index in [-0.39, 0.29) is 6.04 Å². The Labute approximate surface area is 120 Å². The molecule has 2 atom stereocenters. The highest BCUT2D eigenvalue weighted by Crippen LogP contribution is 2.49. The molecule has 2 aromatic rings. The van der Waals surface area contributed by atoms with Gasteiger partial charge in [-0.3, -0.25) is 16.3 Å². The van der Waals surface area contributed by atoms with Crippen molar-refractivity contribution in [1.29, 1.82) is 0 Å². The number of pyridine rings is 1. The van der Waals surface area contributed by atoms with Crippen molar-refractivity contribution in [3.8, 4) is 0 Å². The van der Waals surface area contributed by atoms with E-state index in [9.17, 15) is 0 Å². The molecule has 1 aliphatic rings. The zero-order valence-corrected chi connectivity index (χ0v) is 12.3. The van der Waals surface area contributed by atoms with Gasteiger partial charge in [0, 0.05) is 23.8 Å². The first kappa shape index (κ1) is 13.5. The summed E-state index contributed by atoms with van der Waals surface area (Å²) in [5.74, 6) is 6.51. The summed E-state index contributed by atoms with van der Waals surface area (Å²) in [5.41, 5.74) is 4.73. The van der Waals surface area contributed by atoms with E-state index in [2.05, 4.69) is 48.5 Å². The zero-order chi connectivity index (χ0) is 14.2. The minimum atomic E-state index is 0.207. The van der Waals surface area contributed by atoms with Gasteiger partial charge in [0.05, 0.1) is 0 Å². The van der Waals surface area contributed by atoms with Crippen LogP contribution in [0.2, 0.25) is 0 Å². The van der Waals surface area contributed by atoms with Crippen molar-refractivity contribution in [3.63, 3.8) is 0 Å². The Balaban J connectivity index is 2.08. The van der Waals surface area contributed by atoms with E-state index in [1.54, 1.807) is 0 Å². The van der Waals surface area contributed by atoms with Gasteiger partial charge in [-0.05, 0) is 41.2 Å². The highest BCUT2D eigenvalue weighted by Gasteiger charge is 2.40. The number of hydrazine groups is 1. The lowest BCUT2D eigenvalue weighted by Gasteiger charge is -2.34. The summed E-state index contributed by atoms with van der Waals surface area (Å²) >= 11 is 0. The van der Waals surface area contributed by atoms with Crippen LogP contribution >= 0.6 is 0 Å². The second-order valence-electron chi connectivity index (χ2n) is 6.58. The maximum Gasteiger partial charge on any atom is 0.0499 e. The predicted molar refractivity (Wildman–Crippen MR) is 82.9 cm³/mol. The van der Waals surface area contributed by atoms with E-state index in [1.165, 1.54) is 35.6 Å². The molecule has 0 saturated heterocycles. The molecule has 0 aliphatic heterocycles. The number of nitrogens with two attached hydrogens (primary N) is 1. The largest absolute Gasteiger partial charge is 0.271 e. The maximum atomic E-state index is 5.93. The number of fused-ring (bicyclic) bond motifs is 1. The minimum Gasteiger partial charge on any atom is -0.271 e. The molecular formula is C17H23N3. The summed E-state index contributed by atoms with van der Waals surface area (Å²) in [4.78, 5) is 4.21. The lowest BCUT2D eigenvalue weighted by Crippen LogP contribution is -2.37. The van der Waals surface area contributed by atoms with Crippen LogP contribution in [0, 0.1) is 11.3 Å². The molecule has 1 fully saturated rings. The van der Waals surface area contributed by atoms with Crippen LogP contribution in [0.25, 0.3) is 10.8 Å². The average Bonchev–Trinajstić information content (AvgIpc) is 2.80. The molecule has 3 rings (SSSR count). The summed E-state index contributed by atoms with van der Waals surface area (Å²) < 4.78 is 0. The van der Waals surface area contributed by atoms with Crippen LogP contribution in [-0.2, 0) is 0 Å². The minimum absolute atomic E-state index is 0.207. The fourth-order valence-electron chi connectivity index (χ4n) is 3.81. The van der Waals surface area contributed by atoms with Gasteiger partial charge >= 0.3 is 0 Å². The maximum absolute atomic E-state index is 5.93. The Morgan fingerprint density at radius 2 is 2.20 bits per heavy atom. The van der Waals surface area contributed by atoms with Crippen LogP contribution in [0.3, 0.4) is 0 Å². The van der Waals surface area contributed by atoms with Crippen molar-refractivity contribution < 1.29 is 0 Å². The molecule has 0 spiro atoms. The predicted octanol–water partition coefficient (Wildman–Crippen LogP) is 3.57. The molecule has 3 N–H and O–H groups in total. The van der Waals surface area contributed by atoms with E-state index in [0.717, 1.165) is 0 Å². The highest BCUT2D eigenvalue weighted by molar-refractivity contribution is 5.85. The van der Waals surface area contributed by atoms with Gasteiger partial charge in [-0.1, -0.05) is 38.5 Å². The number of nitrogens with zero attached hydrogens (tertiary/aromatic N) is 1. The van der Waals surface area contributed by atoms with E-state index in [0.29, 0.717) is 11.3 Å². The molecule has 1 aliphatic carbocycles. The standard InChI is InChI=1S/C17H23N3/c1-17(2)9-4-7-15(17)16(20-18)14-6-3-5-12-11-19-10-8-13(12)14/h3,5-6,8,10-11,15-16,20H,4,7,9,18H2,1-2H3. The third kappa shape index (κ3) is 2.21. The second-order valence-corrected chi connectivity index (χ2v) is 6.58. The van der Waals surface area contributed by atoms with Crippen molar-refractivity contribution in [2.24, 2.45) is 17.2 Å². The summed E-state index contributed by atoms with van der Waals surface area (Å²) in [6.45, 7) is 4.73. The summed E-state index contributed by atoms with van der Waals surface area (Å²) in [5, 5.41) is 2.44. The van der Waals surface area contributed by atoms with E-state index in [1.807, 2.05) is 12.4 Å². The molecule has 1 heterocycles. The summed E-state index contributed by atoms with van der Waals surface area (Å²) in [6.07, 6.45) is 7.60. The fourth-order valence-corrected chi connectivity index (χ4v) is 3.81. The Kier molecular flexibility index (Phi) is 3.48. The van der Waals surface area contributed by atoms with Crippen molar-refractivity contribution in [3.05, 3.63) is 42.2 Å². The van der Waals surface area contributed by atoms with Crippen molar-refractivity contribution in [1.82, 2.24) is 10.4 Å². The molecule has 0 amide bonds. The summed E-state index contributed by atoms with van der Waals surface area (Å²) in [7, 11) is 0. The summed E-state index contributed by atoms with van der Waals surface area (Å²) in [6, 6.07) is 8.71. The van der Waals surface area contributed by atoms with Crippen molar-refractivity contribution in [2.45, 2.75) is 39.2 Å². The topological polar surface area (TPSA) is 50.9 Å². The zero-order valence-electron chi connectivity index (χ0n) is 12.3. The molecular weight excluding hydrogens is 246 g/mol. The van der Waals surface area contributed by atoms with E-state index < -0.39 is 0 Å². The smallest absolute Gasteiger partial charge is 0.0499 e. The molecule has 1 saturated carbocycles. The van der Waals surface area contributed by atoms with Crippen LogP contribution in [0.5, 0.6) is 0 Å². The molecule has 20 heavy (non-hydrogen) atoms. The molecule has 1 aromatic heterocycles. The quantitative estimate of drug-likeness (QED) is 0.661. The molecule has 2 unspecified atom stereocenters. The molecule has 106 valence electrons. The van der Waals surface area contributed by atoms with Crippen LogP contribution in [0.15, 0.2) is 36.7 Å². The number of aromatic nitrogens is 1. The van der Waals surface area contributed by atoms with Crippen LogP contribution in [-0.4, -0.2) is 4.98 Å². The highest BCUT2D eigenvalue weighted by atomic mass is 15.2. The first-order chi connectivity index (χ1) is 9.63. The first-order valence-corrected chi connectivity index (χ1v) is 7.42. The van der Waals surface area contributed by atoms with Gasteiger partial charge in [0.15, 0.2) is 0 Å². The van der Waals surface area contributed by atoms with Gasteiger partial charge in [0.25, 0.3) is 0 Å². The Hall–Kier alpha value is -1.45. The number of nitrogens with one attached hydrogen (secondary N) is 1. The number of benzene rings is 1. The van der Waals surface area contributed by atoms with Crippen molar-refractivity contribution in [2.75, 3.05) is 0 Å². The number of hydrogen-bond acceptors (Lipinski definition) is 3. The normalized spacial score (nSPS) is 23.1. The van der Waals surface area contributed by atoms with Crippen LogP contribution in [0.1, 0.15) is 44.7 Å². The van der Waals surface area contributed by atoms with E-state index >= 15 is 0 Å². The molecule has 0 radical (unpaired) electrons. The first-order valence-electron chi connectivity index (χ1n) is 7.42. The average molecular weight is 269 g/mol. The SMILES string of the molecule is CC1(C)CCCC1C(NN)c1cccc2cnccc12. The lowest BCUT2D eigenvalue weighted by molar-refractivity contribution is 0.199. The van der Waals surface area contributed by atoms with E-state index in [4.69, 9.17) is 5.84 Å². The van der Waals surface area contributed by atoms with Crippen molar-refractivity contribution >= 4 is 10.8 Å². The van der Waals surface area contributed by atoms with Gasteiger partial charge in [-0.25, -0.2) is 0 Å². The number of hydrogen-bond donors (Lipinski definition) is 2. The van der Waals surface area contributed by atoms with Crippen LogP contribution in [0.4, 0.5) is 0 Å². The van der Waals surface area contributed by atoms with Crippen LogP contribution < -0.4 is 11.3 Å². The number of rotatable bonds is 3. The third-order valence-corrected chi connectivity index (χ3v) is 4.97. The molecule has 3 heteroatoms.